The average molecular weight is 324 g/mol. The fourth-order valence-corrected chi connectivity index (χ4v) is 5.08. The Bertz CT molecular complexity index is 764. The van der Waals surface area contributed by atoms with Gasteiger partial charge in [0, 0.05) is 12.1 Å². The van der Waals surface area contributed by atoms with Crippen molar-refractivity contribution in [1.82, 2.24) is 4.90 Å². The summed E-state index contributed by atoms with van der Waals surface area (Å²) in [5.74, 6) is 1.14. The Morgan fingerprint density at radius 1 is 1.00 bits per heavy atom. The first kappa shape index (κ1) is 13.9. The van der Waals surface area contributed by atoms with Crippen LogP contribution in [0.1, 0.15) is 12.0 Å². The molecule has 4 aliphatic carbocycles. The number of imide groups is 1. The summed E-state index contributed by atoms with van der Waals surface area (Å²) < 4.78 is 0. The van der Waals surface area contributed by atoms with Crippen LogP contribution in [0.25, 0.3) is 0 Å². The minimum Gasteiger partial charge on any atom is -0.278 e. The number of carbonyl (C=O) groups excluding carboxylic acids is 2. The van der Waals surface area contributed by atoms with Gasteiger partial charge in [-0.3, -0.25) is 24.6 Å². The summed E-state index contributed by atoms with van der Waals surface area (Å²) in [6.07, 6.45) is 5.46. The van der Waals surface area contributed by atoms with Crippen molar-refractivity contribution >= 4 is 17.5 Å². The summed E-state index contributed by atoms with van der Waals surface area (Å²) >= 11 is 0. The highest BCUT2D eigenvalue weighted by Crippen LogP contribution is 2.65. The van der Waals surface area contributed by atoms with Crippen LogP contribution in [0.5, 0.6) is 0 Å². The van der Waals surface area contributed by atoms with Crippen molar-refractivity contribution in [1.29, 1.82) is 0 Å². The molecular weight excluding hydrogens is 308 g/mol. The smallest absolute Gasteiger partial charge is 0.269 e. The summed E-state index contributed by atoms with van der Waals surface area (Å²) in [6, 6.07) is 6.05. The molecule has 0 N–H and O–H groups in total. The van der Waals surface area contributed by atoms with Crippen LogP contribution in [-0.2, 0) is 16.1 Å². The van der Waals surface area contributed by atoms with Crippen molar-refractivity contribution in [2.75, 3.05) is 0 Å². The van der Waals surface area contributed by atoms with E-state index in [2.05, 4.69) is 12.2 Å². The average Bonchev–Trinajstić information content (AvgIpc) is 3.36. The maximum absolute atomic E-state index is 12.8. The van der Waals surface area contributed by atoms with E-state index < -0.39 is 4.92 Å². The van der Waals surface area contributed by atoms with Crippen LogP contribution >= 0.6 is 0 Å². The number of likely N-dealkylation sites (tertiary alicyclic amines) is 1. The van der Waals surface area contributed by atoms with Gasteiger partial charge in [0.05, 0.1) is 23.3 Å². The van der Waals surface area contributed by atoms with Gasteiger partial charge in [-0.25, -0.2) is 0 Å². The molecule has 2 amide bonds. The zero-order chi connectivity index (χ0) is 16.6. The normalized spacial score (nSPS) is 38.2. The molecule has 2 bridgehead atoms. The molecule has 0 radical (unpaired) electrons. The summed E-state index contributed by atoms with van der Waals surface area (Å²) in [5.41, 5.74) is 0.750. The number of allylic oxidation sites excluding steroid dienone is 2. The van der Waals surface area contributed by atoms with Crippen LogP contribution < -0.4 is 0 Å². The van der Waals surface area contributed by atoms with Gasteiger partial charge in [-0.15, -0.1) is 0 Å². The molecule has 5 aliphatic rings. The van der Waals surface area contributed by atoms with Crippen LogP contribution in [0.3, 0.4) is 0 Å². The van der Waals surface area contributed by atoms with Gasteiger partial charge in [-0.1, -0.05) is 24.3 Å². The molecule has 1 aromatic rings. The maximum atomic E-state index is 12.8. The van der Waals surface area contributed by atoms with Crippen molar-refractivity contribution in [3.05, 3.63) is 52.1 Å². The second kappa shape index (κ2) is 4.53. The third-order valence-corrected chi connectivity index (χ3v) is 6.24. The lowest BCUT2D eigenvalue weighted by molar-refractivity contribution is -0.384. The predicted molar refractivity (Wildman–Crippen MR) is 83.4 cm³/mol. The summed E-state index contributed by atoms with van der Waals surface area (Å²) in [5, 5.41) is 10.7. The number of amides is 2. The van der Waals surface area contributed by atoms with Crippen LogP contribution in [0.2, 0.25) is 0 Å². The number of nitro benzene ring substituents is 1. The summed E-state index contributed by atoms with van der Waals surface area (Å²) in [4.78, 5) is 37.3. The predicted octanol–water partition coefficient (Wildman–Crippen LogP) is 2.15. The van der Waals surface area contributed by atoms with Crippen molar-refractivity contribution < 1.29 is 14.5 Å². The maximum Gasteiger partial charge on any atom is 0.269 e. The van der Waals surface area contributed by atoms with E-state index in [-0.39, 0.29) is 47.7 Å². The first-order valence-electron chi connectivity index (χ1n) is 8.33. The molecule has 122 valence electrons. The van der Waals surface area contributed by atoms with Crippen molar-refractivity contribution in [2.45, 2.75) is 13.0 Å². The first-order chi connectivity index (χ1) is 11.6. The molecule has 6 rings (SSSR count). The highest BCUT2D eigenvalue weighted by Gasteiger charge is 2.66. The minimum absolute atomic E-state index is 0.00817. The van der Waals surface area contributed by atoms with Crippen LogP contribution in [0, 0.1) is 45.6 Å². The molecule has 6 nitrogen and oxygen atoms in total. The Kier molecular flexibility index (Phi) is 2.62. The second-order valence-corrected chi connectivity index (χ2v) is 7.34. The Labute approximate surface area is 138 Å². The molecule has 1 saturated heterocycles. The molecule has 0 aromatic heterocycles. The Morgan fingerprint density at radius 2 is 1.54 bits per heavy atom. The molecule has 1 aliphatic heterocycles. The van der Waals surface area contributed by atoms with Gasteiger partial charge in [-0.05, 0) is 35.7 Å². The number of rotatable bonds is 3. The highest BCUT2D eigenvalue weighted by atomic mass is 16.6. The number of nitro groups is 1. The van der Waals surface area contributed by atoms with Crippen molar-refractivity contribution in [3.63, 3.8) is 0 Å². The molecule has 6 heteroatoms. The zero-order valence-corrected chi connectivity index (χ0v) is 12.9. The minimum atomic E-state index is -0.458. The third-order valence-electron chi connectivity index (χ3n) is 6.24. The lowest BCUT2D eigenvalue weighted by atomic mass is 9.63. The van der Waals surface area contributed by atoms with E-state index in [0.717, 1.165) is 12.0 Å². The van der Waals surface area contributed by atoms with Gasteiger partial charge in [0.1, 0.15) is 0 Å². The summed E-state index contributed by atoms with van der Waals surface area (Å²) in [6.45, 7) is 0.206. The van der Waals surface area contributed by atoms with Gasteiger partial charge in [0.15, 0.2) is 0 Å². The topological polar surface area (TPSA) is 80.5 Å². The standard InChI is InChI=1S/C18H16N2O4/c21-17-15-11-5-6-12(14-7-13(11)14)16(15)18(22)19(17)8-9-1-3-10(4-2-9)20(23)24/h1-6,11-16H,7-8H2/t11-,12-,13-,14-,15-,16+/m0/s1. The van der Waals surface area contributed by atoms with Crippen LogP contribution in [-0.4, -0.2) is 21.6 Å². The van der Waals surface area contributed by atoms with Crippen molar-refractivity contribution in [3.8, 4) is 0 Å². The molecule has 0 unspecified atom stereocenters. The lowest BCUT2D eigenvalue weighted by Crippen LogP contribution is -2.40. The molecule has 1 heterocycles. The lowest BCUT2D eigenvalue weighted by Gasteiger charge is -2.37. The van der Waals surface area contributed by atoms with E-state index in [0.29, 0.717) is 11.8 Å². The highest BCUT2D eigenvalue weighted by molar-refractivity contribution is 6.06. The molecule has 24 heavy (non-hydrogen) atoms. The SMILES string of the molecule is O=C1[C@@H]2[C@H]3C=C[C@@H]([C@@H]4C[C@@H]34)[C@@H]2C(=O)N1Cc1ccc([N+](=O)[O-])cc1. The molecule has 0 spiro atoms. The van der Waals surface area contributed by atoms with E-state index in [1.807, 2.05) is 0 Å². The Balaban J connectivity index is 1.41. The molecule has 6 atom stereocenters. The van der Waals surface area contributed by atoms with Gasteiger partial charge in [-0.2, -0.15) is 0 Å². The Hall–Kier alpha value is -2.50. The molecular formula is C18H16N2O4. The quantitative estimate of drug-likeness (QED) is 0.369. The van der Waals surface area contributed by atoms with Gasteiger partial charge < -0.3 is 0 Å². The van der Waals surface area contributed by atoms with E-state index in [1.165, 1.54) is 17.0 Å². The fourth-order valence-electron chi connectivity index (χ4n) is 5.08. The molecule has 1 aromatic carbocycles. The first-order valence-corrected chi connectivity index (χ1v) is 8.33. The van der Waals surface area contributed by atoms with Crippen molar-refractivity contribution in [2.24, 2.45) is 35.5 Å². The second-order valence-electron chi connectivity index (χ2n) is 7.34. The fraction of sp³-hybridized carbons (Fsp3) is 0.444. The van der Waals surface area contributed by atoms with E-state index in [9.17, 15) is 19.7 Å². The van der Waals surface area contributed by atoms with Gasteiger partial charge in [0.25, 0.3) is 5.69 Å². The number of nitrogens with zero attached hydrogens (tertiary/aromatic N) is 2. The van der Waals surface area contributed by atoms with E-state index in [1.54, 1.807) is 12.1 Å². The third kappa shape index (κ3) is 1.71. The number of benzene rings is 1. The van der Waals surface area contributed by atoms with Crippen LogP contribution in [0.15, 0.2) is 36.4 Å². The van der Waals surface area contributed by atoms with E-state index in [4.69, 9.17) is 0 Å². The van der Waals surface area contributed by atoms with Crippen LogP contribution in [0.4, 0.5) is 5.69 Å². The van der Waals surface area contributed by atoms with Gasteiger partial charge >= 0.3 is 0 Å². The number of hydrogen-bond donors (Lipinski definition) is 0. The molecule has 3 fully saturated rings. The Morgan fingerprint density at radius 3 is 2.04 bits per heavy atom. The monoisotopic (exact) mass is 324 g/mol. The van der Waals surface area contributed by atoms with E-state index >= 15 is 0 Å². The number of non-ortho nitro benzene ring substituents is 1. The summed E-state index contributed by atoms with van der Waals surface area (Å²) in [7, 11) is 0. The number of hydrogen-bond acceptors (Lipinski definition) is 4. The largest absolute Gasteiger partial charge is 0.278 e. The molecule has 2 saturated carbocycles. The van der Waals surface area contributed by atoms with Gasteiger partial charge in [0.2, 0.25) is 11.8 Å². The zero-order valence-electron chi connectivity index (χ0n) is 12.9. The number of carbonyl (C=O) groups is 2.